The average Bonchev–Trinajstić information content (AvgIpc) is 3.41. The van der Waals surface area contributed by atoms with Gasteiger partial charge in [-0.2, -0.15) is 0 Å². The molecular weight excluding hydrogens is 925 g/mol. The second kappa shape index (κ2) is 63.4. The molecule has 0 aliphatic carbocycles. The molecular formula is C69H122O6. The number of ether oxygens (including phenoxy) is 3. The molecule has 0 aromatic carbocycles. The van der Waals surface area contributed by atoms with Crippen molar-refractivity contribution >= 4 is 17.9 Å². The summed E-state index contributed by atoms with van der Waals surface area (Å²) < 4.78 is 16.9. The highest BCUT2D eigenvalue weighted by Crippen LogP contribution is 2.17. The lowest BCUT2D eigenvalue weighted by Crippen LogP contribution is -2.30. The lowest BCUT2D eigenvalue weighted by molar-refractivity contribution is -0.167. The number of allylic oxidation sites excluding steroid dienone is 12. The molecule has 0 radical (unpaired) electrons. The topological polar surface area (TPSA) is 78.9 Å². The van der Waals surface area contributed by atoms with Crippen LogP contribution in [0.5, 0.6) is 0 Å². The van der Waals surface area contributed by atoms with Crippen LogP contribution in [0.15, 0.2) is 72.9 Å². The highest BCUT2D eigenvalue weighted by molar-refractivity contribution is 5.71. The number of esters is 3. The molecule has 1 atom stereocenters. The van der Waals surface area contributed by atoms with Crippen molar-refractivity contribution in [3.8, 4) is 0 Å². The summed E-state index contributed by atoms with van der Waals surface area (Å²) in [5.74, 6) is -0.925. The van der Waals surface area contributed by atoms with E-state index in [1.54, 1.807) is 0 Å². The highest BCUT2D eigenvalue weighted by Gasteiger charge is 2.19. The molecule has 0 aliphatic rings. The third kappa shape index (κ3) is 61.6. The van der Waals surface area contributed by atoms with E-state index >= 15 is 0 Å². The molecule has 6 nitrogen and oxygen atoms in total. The van der Waals surface area contributed by atoms with E-state index in [-0.39, 0.29) is 31.1 Å². The zero-order chi connectivity index (χ0) is 54.3. The molecule has 0 saturated carbocycles. The Kier molecular flexibility index (Phi) is 60.7. The Morgan fingerprint density at radius 1 is 0.280 bits per heavy atom. The van der Waals surface area contributed by atoms with E-state index in [1.165, 1.54) is 193 Å². The van der Waals surface area contributed by atoms with E-state index in [1.807, 2.05) is 0 Å². The van der Waals surface area contributed by atoms with Crippen molar-refractivity contribution in [3.05, 3.63) is 72.9 Å². The molecule has 1 unspecified atom stereocenters. The predicted molar refractivity (Wildman–Crippen MR) is 325 cm³/mol. The molecule has 0 amide bonds. The van der Waals surface area contributed by atoms with Crippen LogP contribution in [-0.2, 0) is 28.6 Å². The molecule has 6 heteroatoms. The summed E-state index contributed by atoms with van der Waals surface area (Å²) in [6.45, 7) is 6.50. The Morgan fingerprint density at radius 3 is 0.867 bits per heavy atom. The molecule has 0 spiro atoms. The quantitative estimate of drug-likeness (QED) is 0.0261. The van der Waals surface area contributed by atoms with Gasteiger partial charge in [-0.15, -0.1) is 0 Å². The highest BCUT2D eigenvalue weighted by atomic mass is 16.6. The summed E-state index contributed by atoms with van der Waals surface area (Å²) in [6.07, 6.45) is 82.1. The van der Waals surface area contributed by atoms with Gasteiger partial charge in [-0.05, 0) is 89.9 Å². The van der Waals surface area contributed by atoms with E-state index in [9.17, 15) is 14.4 Å². The molecule has 0 fully saturated rings. The number of hydrogen-bond donors (Lipinski definition) is 0. The molecule has 0 rings (SSSR count). The summed E-state index contributed by atoms with van der Waals surface area (Å²) in [4.78, 5) is 38.3. The van der Waals surface area contributed by atoms with Crippen LogP contribution in [0.2, 0.25) is 0 Å². The van der Waals surface area contributed by atoms with Crippen LogP contribution in [0.25, 0.3) is 0 Å². The van der Waals surface area contributed by atoms with Crippen molar-refractivity contribution in [1.82, 2.24) is 0 Å². The lowest BCUT2D eigenvalue weighted by atomic mass is 10.0. The van der Waals surface area contributed by atoms with Gasteiger partial charge in [-0.25, -0.2) is 0 Å². The minimum Gasteiger partial charge on any atom is -0.462 e. The van der Waals surface area contributed by atoms with Crippen molar-refractivity contribution in [1.29, 1.82) is 0 Å². The van der Waals surface area contributed by atoms with E-state index < -0.39 is 6.10 Å². The second-order valence-corrected chi connectivity index (χ2v) is 21.6. The Balaban J connectivity index is 4.31. The van der Waals surface area contributed by atoms with Gasteiger partial charge >= 0.3 is 17.9 Å². The van der Waals surface area contributed by atoms with E-state index in [0.29, 0.717) is 19.3 Å². The van der Waals surface area contributed by atoms with E-state index in [4.69, 9.17) is 14.2 Å². The Labute approximate surface area is 465 Å². The zero-order valence-electron chi connectivity index (χ0n) is 49.8. The maximum absolute atomic E-state index is 12.9. The minimum absolute atomic E-state index is 0.0892. The Morgan fingerprint density at radius 2 is 0.520 bits per heavy atom. The zero-order valence-corrected chi connectivity index (χ0v) is 49.8. The summed E-state index contributed by atoms with van der Waals surface area (Å²) in [6, 6.07) is 0. The van der Waals surface area contributed by atoms with Gasteiger partial charge in [0.25, 0.3) is 0 Å². The third-order valence-electron chi connectivity index (χ3n) is 14.2. The minimum atomic E-state index is -0.797. The summed E-state index contributed by atoms with van der Waals surface area (Å²) in [7, 11) is 0. The smallest absolute Gasteiger partial charge is 0.306 e. The van der Waals surface area contributed by atoms with Crippen LogP contribution in [0.1, 0.15) is 329 Å². The van der Waals surface area contributed by atoms with Gasteiger partial charge in [0.2, 0.25) is 0 Å². The standard InChI is InChI=1S/C69H122O6/c1-4-7-10-13-16-19-22-25-28-30-31-32-33-34-35-36-37-39-41-44-47-50-53-56-59-62-68(71)74-65-66(64-73-67(70)61-58-55-52-49-46-43-40-27-24-21-18-15-12-9-6-3)75-69(72)63-60-57-54-51-48-45-42-38-29-26-23-20-17-14-11-8-5-2/h9,12,17-18,20-21,26-27,29,40,46,49,66H,4-8,10-11,13-16,19,22-25,28,30-39,41-45,47-48,50-65H2,1-3H3/b12-9-,20-17-,21-18-,29-26-,40-27-,49-46-. The van der Waals surface area contributed by atoms with Gasteiger partial charge in [0.15, 0.2) is 6.10 Å². The van der Waals surface area contributed by atoms with Gasteiger partial charge in [-0.3, -0.25) is 14.4 Å². The molecule has 0 N–H and O–H groups in total. The third-order valence-corrected chi connectivity index (χ3v) is 14.2. The van der Waals surface area contributed by atoms with Crippen LogP contribution in [0.4, 0.5) is 0 Å². The van der Waals surface area contributed by atoms with Gasteiger partial charge in [0, 0.05) is 19.3 Å². The molecule has 0 saturated heterocycles. The Hall–Kier alpha value is -3.15. The number of unbranched alkanes of at least 4 members (excludes halogenated alkanes) is 36. The first-order chi connectivity index (χ1) is 37.0. The van der Waals surface area contributed by atoms with Crippen LogP contribution in [-0.4, -0.2) is 37.2 Å². The van der Waals surface area contributed by atoms with Crippen molar-refractivity contribution in [2.45, 2.75) is 335 Å². The summed E-state index contributed by atoms with van der Waals surface area (Å²) in [5, 5.41) is 0. The fourth-order valence-electron chi connectivity index (χ4n) is 9.35. The SMILES string of the molecule is CC/C=C\C/C=C\C/C=C\C/C=C\CCCCC(=O)OCC(COC(=O)CCCCCCCCCCCCCCCCCCCCCCCCCCC)OC(=O)CCCCCCCCC/C=C\C/C=C\CCCCC. The average molecular weight is 1050 g/mol. The maximum Gasteiger partial charge on any atom is 0.306 e. The predicted octanol–water partition coefficient (Wildman–Crippen LogP) is 22.1. The van der Waals surface area contributed by atoms with Crippen LogP contribution >= 0.6 is 0 Å². The normalized spacial score (nSPS) is 12.5. The van der Waals surface area contributed by atoms with Crippen LogP contribution in [0, 0.1) is 0 Å². The fraction of sp³-hybridized carbons (Fsp3) is 0.783. The summed E-state index contributed by atoms with van der Waals surface area (Å²) >= 11 is 0. The van der Waals surface area contributed by atoms with Gasteiger partial charge in [0.1, 0.15) is 13.2 Å². The Bertz CT molecular complexity index is 1390. The molecule has 434 valence electrons. The van der Waals surface area contributed by atoms with Crippen LogP contribution < -0.4 is 0 Å². The second-order valence-electron chi connectivity index (χ2n) is 21.6. The molecule has 0 heterocycles. The number of carbonyl (C=O) groups is 3. The summed E-state index contributed by atoms with van der Waals surface area (Å²) in [5.41, 5.74) is 0. The number of hydrogen-bond acceptors (Lipinski definition) is 6. The first kappa shape index (κ1) is 71.8. The van der Waals surface area contributed by atoms with E-state index in [2.05, 4.69) is 93.7 Å². The molecule has 0 bridgehead atoms. The van der Waals surface area contributed by atoms with Crippen LogP contribution in [0.3, 0.4) is 0 Å². The van der Waals surface area contributed by atoms with Gasteiger partial charge < -0.3 is 14.2 Å². The first-order valence-electron chi connectivity index (χ1n) is 32.4. The maximum atomic E-state index is 12.9. The fourth-order valence-corrected chi connectivity index (χ4v) is 9.35. The molecule has 0 aliphatic heterocycles. The van der Waals surface area contributed by atoms with Crippen molar-refractivity contribution in [2.75, 3.05) is 13.2 Å². The first-order valence-corrected chi connectivity index (χ1v) is 32.4. The van der Waals surface area contributed by atoms with Gasteiger partial charge in [-0.1, -0.05) is 293 Å². The van der Waals surface area contributed by atoms with Crippen molar-refractivity contribution in [3.63, 3.8) is 0 Å². The lowest BCUT2D eigenvalue weighted by Gasteiger charge is -2.18. The molecule has 75 heavy (non-hydrogen) atoms. The monoisotopic (exact) mass is 1050 g/mol. The van der Waals surface area contributed by atoms with Gasteiger partial charge in [0.05, 0.1) is 0 Å². The largest absolute Gasteiger partial charge is 0.462 e. The number of carbonyl (C=O) groups excluding carboxylic acids is 3. The number of rotatable bonds is 59. The van der Waals surface area contributed by atoms with Crippen molar-refractivity contribution < 1.29 is 28.6 Å². The van der Waals surface area contributed by atoms with Crippen molar-refractivity contribution in [2.24, 2.45) is 0 Å². The van der Waals surface area contributed by atoms with E-state index in [0.717, 1.165) is 96.3 Å². The molecule has 0 aromatic rings. The molecule has 0 aromatic heterocycles.